The molecule has 1 amide bonds. The van der Waals surface area contributed by atoms with Crippen LogP contribution in [0.3, 0.4) is 0 Å². The zero-order chi connectivity index (χ0) is 20.9. The second-order valence-electron chi connectivity index (χ2n) is 6.60. The molecule has 1 atom stereocenters. The molecule has 2 aromatic heterocycles. The quantitative estimate of drug-likeness (QED) is 0.265. The number of carbonyl (C=O) groups excluding carboxylic acids is 1. The summed E-state index contributed by atoms with van der Waals surface area (Å²) < 4.78 is 3.18. The molecule has 0 aliphatic rings. The van der Waals surface area contributed by atoms with E-state index in [0.29, 0.717) is 3.95 Å². The van der Waals surface area contributed by atoms with Gasteiger partial charge in [0.25, 0.3) is 0 Å². The van der Waals surface area contributed by atoms with Gasteiger partial charge < -0.3 is 5.32 Å². The van der Waals surface area contributed by atoms with E-state index in [2.05, 4.69) is 47.7 Å². The van der Waals surface area contributed by atoms with Gasteiger partial charge in [-0.1, -0.05) is 77.2 Å². The monoisotopic (exact) mass is 469 g/mol. The molecule has 30 heavy (non-hydrogen) atoms. The summed E-state index contributed by atoms with van der Waals surface area (Å²) in [5, 5.41) is 9.77. The summed E-state index contributed by atoms with van der Waals surface area (Å²) in [6.07, 6.45) is 0. The van der Waals surface area contributed by atoms with Crippen LogP contribution < -0.4 is 5.32 Å². The molecular formula is C22H19N3OS4. The number of hydrogen-bond acceptors (Lipinski definition) is 6. The molecule has 0 aliphatic carbocycles. The highest BCUT2D eigenvalue weighted by Crippen LogP contribution is 2.28. The van der Waals surface area contributed by atoms with Crippen LogP contribution in [0.15, 0.2) is 76.4 Å². The van der Waals surface area contributed by atoms with Crippen molar-refractivity contribution in [2.24, 2.45) is 0 Å². The van der Waals surface area contributed by atoms with E-state index in [4.69, 9.17) is 12.2 Å². The van der Waals surface area contributed by atoms with E-state index in [1.807, 2.05) is 41.8 Å². The third-order valence-corrected chi connectivity index (χ3v) is 7.70. The second kappa shape index (κ2) is 9.70. The molecule has 4 aromatic rings. The fraction of sp³-hybridized carbons (Fsp3) is 0.136. The first kappa shape index (κ1) is 21.0. The number of aryl methyl sites for hydroxylation is 1. The smallest absolute Gasteiger partial charge is 0.231 e. The van der Waals surface area contributed by atoms with Crippen molar-refractivity contribution in [2.75, 3.05) is 5.75 Å². The number of benzene rings is 2. The summed E-state index contributed by atoms with van der Waals surface area (Å²) in [5.41, 5.74) is 3.19. The Balaban J connectivity index is 1.44. The van der Waals surface area contributed by atoms with Crippen LogP contribution in [0.2, 0.25) is 0 Å². The molecule has 2 heterocycles. The van der Waals surface area contributed by atoms with Crippen LogP contribution in [0, 0.1) is 10.9 Å². The number of carbonyl (C=O) groups is 1. The maximum atomic E-state index is 12.7. The predicted octanol–water partition coefficient (Wildman–Crippen LogP) is 6.03. The lowest BCUT2D eigenvalue weighted by molar-refractivity contribution is -0.119. The second-order valence-corrected chi connectivity index (χ2v) is 10.4. The Morgan fingerprint density at radius 3 is 2.60 bits per heavy atom. The summed E-state index contributed by atoms with van der Waals surface area (Å²) in [6, 6.07) is 22.0. The molecule has 4 rings (SSSR count). The predicted molar refractivity (Wildman–Crippen MR) is 128 cm³/mol. The molecule has 0 aliphatic heterocycles. The first-order chi connectivity index (χ1) is 14.6. The number of para-hydroxylation sites is 1. The van der Waals surface area contributed by atoms with Crippen LogP contribution in [-0.2, 0) is 4.79 Å². The van der Waals surface area contributed by atoms with Crippen LogP contribution in [0.5, 0.6) is 0 Å². The van der Waals surface area contributed by atoms with Crippen molar-refractivity contribution in [1.82, 2.24) is 15.1 Å². The highest BCUT2D eigenvalue weighted by molar-refractivity contribution is 8.01. The third kappa shape index (κ3) is 5.07. The zero-order valence-electron chi connectivity index (χ0n) is 16.1. The lowest BCUT2D eigenvalue weighted by Crippen LogP contribution is -2.30. The first-order valence-corrected chi connectivity index (χ1v) is 12.4. The van der Waals surface area contributed by atoms with Crippen molar-refractivity contribution in [2.45, 2.75) is 17.3 Å². The largest absolute Gasteiger partial charge is 0.344 e. The summed E-state index contributed by atoms with van der Waals surface area (Å²) >= 11 is 9.90. The Morgan fingerprint density at radius 2 is 1.90 bits per heavy atom. The number of thiophene rings is 1. The van der Waals surface area contributed by atoms with Gasteiger partial charge in [-0.05, 0) is 48.3 Å². The topological polar surface area (TPSA) is 46.9 Å². The van der Waals surface area contributed by atoms with Gasteiger partial charge in [-0.15, -0.1) is 16.4 Å². The van der Waals surface area contributed by atoms with E-state index in [0.717, 1.165) is 20.5 Å². The molecule has 0 fully saturated rings. The molecule has 0 spiro atoms. The fourth-order valence-corrected chi connectivity index (χ4v) is 5.89. The Hall–Kier alpha value is -2.26. The minimum absolute atomic E-state index is 0.0358. The molecule has 1 unspecified atom stereocenters. The molecule has 152 valence electrons. The fourth-order valence-electron chi connectivity index (χ4n) is 2.91. The number of nitrogens with one attached hydrogen (secondary N) is 1. The summed E-state index contributed by atoms with van der Waals surface area (Å²) in [4.78, 5) is 13.9. The van der Waals surface area contributed by atoms with Gasteiger partial charge >= 0.3 is 0 Å². The zero-order valence-corrected chi connectivity index (χ0v) is 19.4. The van der Waals surface area contributed by atoms with Crippen molar-refractivity contribution >= 4 is 52.6 Å². The molecule has 4 nitrogen and oxygen atoms in total. The normalized spacial score (nSPS) is 11.9. The Bertz CT molecular complexity index is 1170. The average Bonchev–Trinajstić information content (AvgIpc) is 3.42. The molecule has 0 saturated carbocycles. The number of rotatable bonds is 7. The molecule has 1 N–H and O–H groups in total. The van der Waals surface area contributed by atoms with Gasteiger partial charge in [0.2, 0.25) is 5.91 Å². The molecule has 8 heteroatoms. The first-order valence-electron chi connectivity index (χ1n) is 9.28. The molecular weight excluding hydrogens is 451 g/mol. The van der Waals surface area contributed by atoms with Gasteiger partial charge in [0.1, 0.15) is 0 Å². The molecule has 0 bridgehead atoms. The average molecular weight is 470 g/mol. The van der Waals surface area contributed by atoms with Crippen molar-refractivity contribution in [3.05, 3.63) is 92.1 Å². The number of aromatic nitrogens is 2. The van der Waals surface area contributed by atoms with Crippen LogP contribution in [0.1, 0.15) is 22.0 Å². The van der Waals surface area contributed by atoms with Crippen molar-refractivity contribution < 1.29 is 4.79 Å². The Kier molecular flexibility index (Phi) is 6.79. The van der Waals surface area contributed by atoms with Gasteiger partial charge in [0.05, 0.1) is 17.5 Å². The summed E-state index contributed by atoms with van der Waals surface area (Å²) in [6.45, 7) is 2.06. The highest BCUT2D eigenvalue weighted by atomic mass is 32.2. The van der Waals surface area contributed by atoms with E-state index in [1.54, 1.807) is 16.0 Å². The SMILES string of the molecule is Cc1ccc(C(NC(=O)CSc2nn(-c3ccccc3)c(=S)s2)c2cccs2)cc1. The minimum atomic E-state index is -0.154. The van der Waals surface area contributed by atoms with Gasteiger partial charge in [0, 0.05) is 4.88 Å². The van der Waals surface area contributed by atoms with Crippen LogP contribution in [0.4, 0.5) is 0 Å². The van der Waals surface area contributed by atoms with Crippen LogP contribution in [-0.4, -0.2) is 21.4 Å². The third-order valence-electron chi connectivity index (χ3n) is 4.40. The van der Waals surface area contributed by atoms with E-state index in [9.17, 15) is 4.79 Å². The van der Waals surface area contributed by atoms with E-state index < -0.39 is 0 Å². The maximum absolute atomic E-state index is 12.7. The molecule has 0 saturated heterocycles. The molecule has 2 aromatic carbocycles. The summed E-state index contributed by atoms with van der Waals surface area (Å²) in [5.74, 6) is 0.247. The van der Waals surface area contributed by atoms with E-state index in [-0.39, 0.29) is 17.7 Å². The van der Waals surface area contributed by atoms with Crippen LogP contribution >= 0.6 is 46.7 Å². The number of hydrogen-bond donors (Lipinski definition) is 1. The summed E-state index contributed by atoms with van der Waals surface area (Å²) in [7, 11) is 0. The van der Waals surface area contributed by atoms with Crippen molar-refractivity contribution in [3.63, 3.8) is 0 Å². The maximum Gasteiger partial charge on any atom is 0.231 e. The lowest BCUT2D eigenvalue weighted by atomic mass is 10.0. The van der Waals surface area contributed by atoms with Gasteiger partial charge in [0.15, 0.2) is 8.29 Å². The Morgan fingerprint density at radius 1 is 1.13 bits per heavy atom. The lowest BCUT2D eigenvalue weighted by Gasteiger charge is -2.18. The van der Waals surface area contributed by atoms with Crippen LogP contribution in [0.25, 0.3) is 5.69 Å². The highest BCUT2D eigenvalue weighted by Gasteiger charge is 2.18. The van der Waals surface area contributed by atoms with Gasteiger partial charge in [-0.3, -0.25) is 4.79 Å². The minimum Gasteiger partial charge on any atom is -0.344 e. The number of nitrogens with zero attached hydrogens (tertiary/aromatic N) is 2. The number of amides is 1. The van der Waals surface area contributed by atoms with Gasteiger partial charge in [-0.2, -0.15) is 0 Å². The van der Waals surface area contributed by atoms with E-state index >= 15 is 0 Å². The van der Waals surface area contributed by atoms with Crippen molar-refractivity contribution in [1.29, 1.82) is 0 Å². The van der Waals surface area contributed by atoms with E-state index in [1.165, 1.54) is 28.7 Å². The van der Waals surface area contributed by atoms with Crippen molar-refractivity contribution in [3.8, 4) is 5.69 Å². The van der Waals surface area contributed by atoms with Gasteiger partial charge in [-0.25, -0.2) is 4.68 Å². The Labute approximate surface area is 192 Å². The standard InChI is InChI=1S/C22H19N3OS4/c1-15-9-11-16(12-10-15)20(18-8-5-13-28-18)23-19(26)14-29-21-24-25(22(27)30-21)17-6-3-2-4-7-17/h2-13,20H,14H2,1H3,(H,23,26). The number of thioether (sulfide) groups is 1. The molecule has 0 radical (unpaired) electrons.